The lowest BCUT2D eigenvalue weighted by atomic mass is 10.00. The summed E-state index contributed by atoms with van der Waals surface area (Å²) in [6.45, 7) is 1.42. The summed E-state index contributed by atoms with van der Waals surface area (Å²) in [5.74, 6) is -0.617. The molecule has 0 aliphatic carbocycles. The Kier molecular flexibility index (Phi) is 11.9. The molecule has 0 aliphatic heterocycles. The van der Waals surface area contributed by atoms with Crippen molar-refractivity contribution in [1.82, 2.24) is 4.90 Å². The van der Waals surface area contributed by atoms with E-state index in [1.54, 1.807) is 54.6 Å². The smallest absolute Gasteiger partial charge is 0.326 e. The number of para-hydroxylation sites is 1. The summed E-state index contributed by atoms with van der Waals surface area (Å²) in [6.07, 6.45) is 4.27. The maximum Gasteiger partial charge on any atom is 0.326 e. The van der Waals surface area contributed by atoms with Crippen LogP contribution in [-0.2, 0) is 22.6 Å². The Labute approximate surface area is 281 Å². The van der Waals surface area contributed by atoms with Crippen LogP contribution in [0.15, 0.2) is 146 Å². The Bertz CT molecular complexity index is 1810. The van der Waals surface area contributed by atoms with Crippen molar-refractivity contribution in [3.8, 4) is 5.75 Å². The third-order valence-electron chi connectivity index (χ3n) is 7.79. The van der Waals surface area contributed by atoms with E-state index in [0.717, 1.165) is 16.7 Å². The first-order valence-corrected chi connectivity index (χ1v) is 15.9. The van der Waals surface area contributed by atoms with Gasteiger partial charge in [0.15, 0.2) is 5.78 Å². The number of ketones is 1. The Morgan fingerprint density at radius 2 is 1.35 bits per heavy atom. The highest BCUT2D eigenvalue weighted by molar-refractivity contribution is 6.12. The first kappa shape index (κ1) is 33.4. The second kappa shape index (κ2) is 17.1. The molecule has 0 bridgehead atoms. The van der Waals surface area contributed by atoms with Gasteiger partial charge in [-0.2, -0.15) is 0 Å². The molecule has 2 N–H and O–H groups in total. The van der Waals surface area contributed by atoms with Crippen molar-refractivity contribution in [3.63, 3.8) is 0 Å². The molecule has 0 spiro atoms. The minimum Gasteiger partial charge on any atom is -0.494 e. The van der Waals surface area contributed by atoms with Crippen molar-refractivity contribution in [3.05, 3.63) is 173 Å². The standard InChI is InChI=1S/C41H38N2O5/c44-39(26-23-31-13-4-1-5-14-31)43(30-33-15-6-2-7-16-33)27-12-28-48-35-24-21-32(22-25-35)29-38(41(46)47)42-37-20-11-10-19-36(37)40(45)34-17-8-3-9-18-34/h1-11,13-26,38,42H,12,27-30H2,(H,46,47)/b26-23+/t38-/m0/s1. The van der Waals surface area contributed by atoms with Crippen LogP contribution in [0, 0.1) is 0 Å². The van der Waals surface area contributed by atoms with Crippen molar-refractivity contribution in [2.45, 2.75) is 25.4 Å². The highest BCUT2D eigenvalue weighted by atomic mass is 16.5. The van der Waals surface area contributed by atoms with Crippen LogP contribution in [0.4, 0.5) is 5.69 Å². The molecular formula is C41H38N2O5. The molecule has 1 amide bonds. The number of hydrogen-bond acceptors (Lipinski definition) is 5. The highest BCUT2D eigenvalue weighted by Gasteiger charge is 2.21. The van der Waals surface area contributed by atoms with Crippen LogP contribution in [-0.4, -0.2) is 46.9 Å². The van der Waals surface area contributed by atoms with Gasteiger partial charge in [-0.25, -0.2) is 4.79 Å². The van der Waals surface area contributed by atoms with E-state index in [1.165, 1.54) is 0 Å². The maximum absolute atomic E-state index is 13.1. The van der Waals surface area contributed by atoms with Crippen LogP contribution in [0.25, 0.3) is 6.08 Å². The quantitative estimate of drug-likeness (QED) is 0.0659. The summed E-state index contributed by atoms with van der Waals surface area (Å²) in [6, 6.07) is 41.8. The van der Waals surface area contributed by atoms with Gasteiger partial charge in [-0.05, 0) is 53.5 Å². The van der Waals surface area contributed by atoms with Crippen molar-refractivity contribution in [1.29, 1.82) is 0 Å². The normalized spacial score (nSPS) is 11.5. The molecular weight excluding hydrogens is 600 g/mol. The van der Waals surface area contributed by atoms with Gasteiger partial charge >= 0.3 is 5.97 Å². The number of carbonyl (C=O) groups excluding carboxylic acids is 2. The van der Waals surface area contributed by atoms with Gasteiger partial charge in [0.1, 0.15) is 11.8 Å². The van der Waals surface area contributed by atoms with Crippen LogP contribution in [0.5, 0.6) is 5.75 Å². The van der Waals surface area contributed by atoms with E-state index >= 15 is 0 Å². The molecule has 7 nitrogen and oxygen atoms in total. The summed E-state index contributed by atoms with van der Waals surface area (Å²) in [4.78, 5) is 40.3. The molecule has 1 atom stereocenters. The highest BCUT2D eigenvalue weighted by Crippen LogP contribution is 2.22. The van der Waals surface area contributed by atoms with Crippen molar-refractivity contribution in [2.75, 3.05) is 18.5 Å². The predicted octanol–water partition coefficient (Wildman–Crippen LogP) is 7.54. The number of amides is 1. The number of benzene rings is 5. The van der Waals surface area contributed by atoms with Gasteiger partial charge in [0.2, 0.25) is 5.91 Å². The van der Waals surface area contributed by atoms with E-state index in [-0.39, 0.29) is 18.1 Å². The molecule has 5 rings (SSSR count). The Hall–Kier alpha value is -5.95. The van der Waals surface area contributed by atoms with Gasteiger partial charge in [0.05, 0.1) is 6.61 Å². The molecule has 7 heteroatoms. The molecule has 0 heterocycles. The number of hydrogen-bond donors (Lipinski definition) is 2. The lowest BCUT2D eigenvalue weighted by Crippen LogP contribution is -2.32. The van der Waals surface area contributed by atoms with Crippen LogP contribution in [0.2, 0.25) is 0 Å². The predicted molar refractivity (Wildman–Crippen MR) is 189 cm³/mol. The maximum atomic E-state index is 13.1. The molecule has 0 saturated heterocycles. The number of nitrogens with one attached hydrogen (secondary N) is 1. The Morgan fingerprint density at radius 3 is 2.04 bits per heavy atom. The third-order valence-corrected chi connectivity index (χ3v) is 7.79. The van der Waals surface area contributed by atoms with Crippen molar-refractivity contribution in [2.24, 2.45) is 0 Å². The van der Waals surface area contributed by atoms with Gasteiger partial charge in [0.25, 0.3) is 0 Å². The number of aliphatic carboxylic acids is 1. The fraction of sp³-hybridized carbons (Fsp3) is 0.146. The lowest BCUT2D eigenvalue weighted by molar-refractivity contribution is -0.137. The summed E-state index contributed by atoms with van der Waals surface area (Å²) >= 11 is 0. The van der Waals surface area contributed by atoms with Crippen LogP contribution < -0.4 is 10.1 Å². The molecule has 0 aliphatic rings. The second-order valence-corrected chi connectivity index (χ2v) is 11.3. The van der Waals surface area contributed by atoms with Gasteiger partial charge in [-0.3, -0.25) is 9.59 Å². The van der Waals surface area contributed by atoms with Gasteiger partial charge < -0.3 is 20.1 Å². The Balaban J connectivity index is 1.16. The lowest BCUT2D eigenvalue weighted by Gasteiger charge is -2.21. The minimum atomic E-state index is -1.02. The summed E-state index contributed by atoms with van der Waals surface area (Å²) in [7, 11) is 0. The molecule has 5 aromatic carbocycles. The van der Waals surface area contributed by atoms with E-state index in [4.69, 9.17) is 4.74 Å². The summed E-state index contributed by atoms with van der Waals surface area (Å²) in [5, 5.41) is 13.1. The molecule has 0 aromatic heterocycles. The average Bonchev–Trinajstić information content (AvgIpc) is 3.13. The van der Waals surface area contributed by atoms with Crippen LogP contribution >= 0.6 is 0 Å². The first-order valence-electron chi connectivity index (χ1n) is 15.9. The first-order chi connectivity index (χ1) is 23.5. The van der Waals surface area contributed by atoms with E-state index in [1.807, 2.05) is 102 Å². The monoisotopic (exact) mass is 638 g/mol. The number of carbonyl (C=O) groups is 3. The largest absolute Gasteiger partial charge is 0.494 e. The van der Waals surface area contributed by atoms with E-state index in [2.05, 4.69) is 5.32 Å². The number of rotatable bonds is 16. The number of carboxylic acid groups (broad SMARTS) is 1. The fourth-order valence-corrected chi connectivity index (χ4v) is 5.25. The number of nitrogens with zero attached hydrogens (tertiary/aromatic N) is 1. The minimum absolute atomic E-state index is 0.0688. The van der Waals surface area contributed by atoms with Crippen molar-refractivity contribution < 1.29 is 24.2 Å². The molecule has 0 radical (unpaired) electrons. The number of ether oxygens (including phenoxy) is 1. The molecule has 242 valence electrons. The fourth-order valence-electron chi connectivity index (χ4n) is 5.25. The summed E-state index contributed by atoms with van der Waals surface area (Å²) < 4.78 is 5.98. The zero-order chi connectivity index (χ0) is 33.6. The topological polar surface area (TPSA) is 95.9 Å². The molecule has 48 heavy (non-hydrogen) atoms. The molecule has 5 aromatic rings. The molecule has 0 unspecified atom stereocenters. The average molecular weight is 639 g/mol. The van der Waals surface area contributed by atoms with Gasteiger partial charge in [-0.15, -0.1) is 0 Å². The number of carboxylic acids is 1. The second-order valence-electron chi connectivity index (χ2n) is 11.3. The zero-order valence-electron chi connectivity index (χ0n) is 26.6. The van der Waals surface area contributed by atoms with E-state index < -0.39 is 12.0 Å². The van der Waals surface area contributed by atoms with E-state index in [0.29, 0.717) is 48.7 Å². The molecule has 0 fully saturated rings. The number of anilines is 1. The third kappa shape index (κ3) is 9.77. The van der Waals surface area contributed by atoms with E-state index in [9.17, 15) is 19.5 Å². The zero-order valence-corrected chi connectivity index (χ0v) is 26.6. The molecule has 0 saturated carbocycles. The summed E-state index contributed by atoms with van der Waals surface area (Å²) in [5.41, 5.74) is 4.23. The van der Waals surface area contributed by atoms with Crippen molar-refractivity contribution >= 4 is 29.4 Å². The van der Waals surface area contributed by atoms with Crippen LogP contribution in [0.1, 0.15) is 39.0 Å². The van der Waals surface area contributed by atoms with Crippen LogP contribution in [0.3, 0.4) is 0 Å². The SMILES string of the molecule is O=C(c1ccccc1)c1ccccc1N[C@@H](Cc1ccc(OCCCN(Cc2ccccc2)C(=O)/C=C/c2ccccc2)cc1)C(=O)O. The van der Waals surface area contributed by atoms with Gasteiger partial charge in [0, 0.05) is 42.4 Å². The Morgan fingerprint density at radius 1 is 0.729 bits per heavy atom. The van der Waals surface area contributed by atoms with Gasteiger partial charge in [-0.1, -0.05) is 115 Å².